The van der Waals surface area contributed by atoms with Gasteiger partial charge < -0.3 is 14.8 Å². The van der Waals surface area contributed by atoms with Gasteiger partial charge in [0.15, 0.2) is 0 Å². The summed E-state index contributed by atoms with van der Waals surface area (Å²) in [6.07, 6.45) is 1.45. The molecule has 0 aliphatic heterocycles. The second kappa shape index (κ2) is 11.6. The van der Waals surface area contributed by atoms with Crippen molar-refractivity contribution in [1.82, 2.24) is 0 Å². The molecule has 7 nitrogen and oxygen atoms in total. The van der Waals surface area contributed by atoms with Crippen molar-refractivity contribution >= 4 is 34.3 Å². The Labute approximate surface area is 207 Å². The first-order chi connectivity index (χ1) is 16.9. The molecule has 176 valence electrons. The molecular formula is C27H23N3O4S. The van der Waals surface area contributed by atoms with Crippen molar-refractivity contribution in [2.45, 2.75) is 27.4 Å². The molecule has 35 heavy (non-hydrogen) atoms. The number of carbonyl (C=O) groups excluding carboxylic acids is 2. The molecule has 1 aromatic heterocycles. The summed E-state index contributed by atoms with van der Waals surface area (Å²) in [6, 6.07) is 18.1. The fourth-order valence-electron chi connectivity index (χ4n) is 3.21. The zero-order chi connectivity index (χ0) is 25.4. The molecule has 0 saturated carbocycles. The highest BCUT2D eigenvalue weighted by molar-refractivity contribution is 7.16. The van der Waals surface area contributed by atoms with Gasteiger partial charge >= 0.3 is 5.97 Å². The fourth-order valence-corrected chi connectivity index (χ4v) is 4.25. The zero-order valence-corrected chi connectivity index (χ0v) is 20.4. The van der Waals surface area contributed by atoms with Gasteiger partial charge in [-0.3, -0.25) is 4.79 Å². The lowest BCUT2D eigenvalue weighted by Crippen LogP contribution is -2.16. The van der Waals surface area contributed by atoms with Crippen LogP contribution in [0.1, 0.15) is 44.4 Å². The first kappa shape index (κ1) is 25.2. The smallest absolute Gasteiger partial charge is 0.341 e. The van der Waals surface area contributed by atoms with Gasteiger partial charge in [-0.05, 0) is 56.2 Å². The second-order valence-electron chi connectivity index (χ2n) is 7.47. The molecule has 1 N–H and O–H groups in total. The zero-order valence-electron chi connectivity index (χ0n) is 19.5. The van der Waals surface area contributed by atoms with E-state index >= 15 is 0 Å². The summed E-state index contributed by atoms with van der Waals surface area (Å²) >= 11 is 1.25. The van der Waals surface area contributed by atoms with E-state index in [1.807, 2.05) is 13.0 Å². The quantitative estimate of drug-likeness (QED) is 0.255. The summed E-state index contributed by atoms with van der Waals surface area (Å²) in [7, 11) is 0. The molecule has 0 fully saturated rings. The molecular weight excluding hydrogens is 462 g/mol. The third-order valence-electron chi connectivity index (χ3n) is 5.15. The highest BCUT2D eigenvalue weighted by Crippen LogP contribution is 2.33. The lowest BCUT2D eigenvalue weighted by atomic mass is 10.1. The average molecular weight is 486 g/mol. The Bertz CT molecular complexity index is 1360. The summed E-state index contributed by atoms with van der Waals surface area (Å²) in [6.45, 7) is 5.81. The number of anilines is 1. The summed E-state index contributed by atoms with van der Waals surface area (Å²) in [5.41, 5.74) is 2.87. The van der Waals surface area contributed by atoms with Crippen molar-refractivity contribution < 1.29 is 19.1 Å². The Morgan fingerprint density at radius 2 is 1.80 bits per heavy atom. The van der Waals surface area contributed by atoms with Gasteiger partial charge in [0.05, 0.1) is 23.8 Å². The summed E-state index contributed by atoms with van der Waals surface area (Å²) < 4.78 is 11.0. The topological polar surface area (TPSA) is 112 Å². The molecule has 3 aromatic rings. The van der Waals surface area contributed by atoms with E-state index in [4.69, 9.17) is 14.7 Å². The second-order valence-corrected chi connectivity index (χ2v) is 8.69. The third-order valence-corrected chi connectivity index (χ3v) is 6.28. The number of nitrogens with zero attached hydrogens (tertiary/aromatic N) is 2. The van der Waals surface area contributed by atoms with Crippen molar-refractivity contribution in [3.05, 3.63) is 86.8 Å². The largest absolute Gasteiger partial charge is 0.488 e. The maximum Gasteiger partial charge on any atom is 0.341 e. The first-order valence-electron chi connectivity index (χ1n) is 10.8. The average Bonchev–Trinajstić information content (AvgIpc) is 3.14. The van der Waals surface area contributed by atoms with Gasteiger partial charge in [0.2, 0.25) is 0 Å². The van der Waals surface area contributed by atoms with Crippen LogP contribution in [-0.4, -0.2) is 18.5 Å². The van der Waals surface area contributed by atoms with Gasteiger partial charge in [-0.1, -0.05) is 30.3 Å². The number of aryl methyl sites for hydroxylation is 1. The molecule has 0 unspecified atom stereocenters. The minimum absolute atomic E-state index is 0.141. The molecule has 0 atom stereocenters. The lowest BCUT2D eigenvalue weighted by Gasteiger charge is -2.10. The molecule has 2 aromatic carbocycles. The van der Waals surface area contributed by atoms with E-state index in [9.17, 15) is 14.9 Å². The molecule has 8 heteroatoms. The number of ether oxygens (including phenoxy) is 2. The molecule has 3 rings (SSSR count). The van der Waals surface area contributed by atoms with E-state index < -0.39 is 11.9 Å². The van der Waals surface area contributed by atoms with Gasteiger partial charge in [-0.25, -0.2) is 4.79 Å². The number of nitrogens with one attached hydrogen (secondary N) is 1. The van der Waals surface area contributed by atoms with E-state index in [1.165, 1.54) is 17.4 Å². The van der Waals surface area contributed by atoms with Gasteiger partial charge in [-0.2, -0.15) is 10.5 Å². The van der Waals surface area contributed by atoms with Gasteiger partial charge in [0, 0.05) is 10.4 Å². The first-order valence-corrected chi connectivity index (χ1v) is 11.6. The predicted molar refractivity (Wildman–Crippen MR) is 134 cm³/mol. The number of hydrogen-bond donors (Lipinski definition) is 1. The van der Waals surface area contributed by atoms with Crippen LogP contribution in [0, 0.1) is 36.5 Å². The molecule has 0 bridgehead atoms. The van der Waals surface area contributed by atoms with Crippen LogP contribution >= 0.6 is 11.3 Å². The standard InChI is InChI=1S/C27H23N3O4S/c1-4-33-27(32)24-17(2)18(3)35-26(24)30-25(31)22(15-29)13-21-7-5-6-8-23(21)34-16-20-11-9-19(14-28)10-12-20/h5-13H,4,16H2,1-3H3,(H,30,31)/b22-13+. The molecule has 1 heterocycles. The minimum Gasteiger partial charge on any atom is -0.488 e. The number of amides is 1. The molecule has 0 aliphatic carbocycles. The molecule has 0 spiro atoms. The number of thiophene rings is 1. The molecule has 1 amide bonds. The highest BCUT2D eigenvalue weighted by atomic mass is 32.1. The highest BCUT2D eigenvalue weighted by Gasteiger charge is 2.23. The maximum absolute atomic E-state index is 12.9. The van der Waals surface area contributed by atoms with Gasteiger partial charge in [0.1, 0.15) is 29.0 Å². The van der Waals surface area contributed by atoms with Crippen LogP contribution in [0.25, 0.3) is 6.08 Å². The third kappa shape index (κ3) is 6.14. The number of hydrogen-bond acceptors (Lipinski definition) is 7. The van der Waals surface area contributed by atoms with Crippen LogP contribution in [0.5, 0.6) is 5.75 Å². The normalized spacial score (nSPS) is 10.7. The molecule has 0 aliphatic rings. The lowest BCUT2D eigenvalue weighted by molar-refractivity contribution is -0.112. The number of esters is 1. The Morgan fingerprint density at radius 1 is 1.09 bits per heavy atom. The Balaban J connectivity index is 1.82. The summed E-state index contributed by atoms with van der Waals surface area (Å²) in [5, 5.41) is 21.6. The van der Waals surface area contributed by atoms with Gasteiger partial charge in [0.25, 0.3) is 5.91 Å². The Kier molecular flexibility index (Phi) is 8.39. The molecule has 0 saturated heterocycles. The van der Waals surface area contributed by atoms with Crippen molar-refractivity contribution in [2.24, 2.45) is 0 Å². The van der Waals surface area contributed by atoms with E-state index in [-0.39, 0.29) is 18.8 Å². The Morgan fingerprint density at radius 3 is 2.46 bits per heavy atom. The number of nitriles is 2. The van der Waals surface area contributed by atoms with Crippen molar-refractivity contribution in [1.29, 1.82) is 10.5 Å². The molecule has 0 radical (unpaired) electrons. The monoisotopic (exact) mass is 485 g/mol. The van der Waals surface area contributed by atoms with Crippen LogP contribution in [0.2, 0.25) is 0 Å². The van der Waals surface area contributed by atoms with Crippen LogP contribution in [0.15, 0.2) is 54.1 Å². The van der Waals surface area contributed by atoms with Crippen LogP contribution < -0.4 is 10.1 Å². The van der Waals surface area contributed by atoms with E-state index in [2.05, 4.69) is 11.4 Å². The summed E-state index contributed by atoms with van der Waals surface area (Å²) in [5.74, 6) is -0.665. The van der Waals surface area contributed by atoms with Crippen molar-refractivity contribution in [3.8, 4) is 17.9 Å². The number of carbonyl (C=O) groups is 2. The van der Waals surface area contributed by atoms with Crippen LogP contribution in [-0.2, 0) is 16.1 Å². The predicted octanol–water partition coefficient (Wildman–Crippen LogP) is 5.54. The summed E-state index contributed by atoms with van der Waals surface area (Å²) in [4.78, 5) is 26.2. The number of para-hydroxylation sites is 1. The van der Waals surface area contributed by atoms with E-state index in [0.29, 0.717) is 27.4 Å². The number of rotatable bonds is 8. The van der Waals surface area contributed by atoms with Gasteiger partial charge in [-0.15, -0.1) is 11.3 Å². The number of benzene rings is 2. The maximum atomic E-state index is 12.9. The van der Waals surface area contributed by atoms with Crippen molar-refractivity contribution in [2.75, 3.05) is 11.9 Å². The van der Waals surface area contributed by atoms with E-state index in [0.717, 1.165) is 16.0 Å². The van der Waals surface area contributed by atoms with Crippen LogP contribution in [0.3, 0.4) is 0 Å². The van der Waals surface area contributed by atoms with Crippen molar-refractivity contribution in [3.63, 3.8) is 0 Å². The van der Waals surface area contributed by atoms with E-state index in [1.54, 1.807) is 62.4 Å². The Hall–Kier alpha value is -4.40. The van der Waals surface area contributed by atoms with Crippen LogP contribution in [0.4, 0.5) is 5.00 Å². The minimum atomic E-state index is -0.638. The SMILES string of the molecule is CCOC(=O)c1c(NC(=O)/C(C#N)=C/c2ccccc2OCc2ccc(C#N)cc2)sc(C)c1C. The fraction of sp³-hybridized carbons (Fsp3) is 0.185.